The summed E-state index contributed by atoms with van der Waals surface area (Å²) >= 11 is 0. The lowest BCUT2D eigenvalue weighted by Gasteiger charge is -2.35. The molecule has 2 aromatic rings. The Bertz CT molecular complexity index is 723. The molecule has 0 aromatic carbocycles. The zero-order valence-electron chi connectivity index (χ0n) is 15.8. The fourth-order valence-electron chi connectivity index (χ4n) is 3.43. The second-order valence-electron chi connectivity index (χ2n) is 7.26. The molecule has 142 valence electrons. The van der Waals surface area contributed by atoms with Gasteiger partial charge < -0.3 is 14.5 Å². The van der Waals surface area contributed by atoms with Crippen molar-refractivity contribution in [2.45, 2.75) is 26.7 Å². The van der Waals surface area contributed by atoms with Crippen molar-refractivity contribution in [3.8, 4) is 0 Å². The number of fused-ring (bicyclic) bond motifs is 1. The Morgan fingerprint density at radius 2 is 2.12 bits per heavy atom. The molecule has 8 nitrogen and oxygen atoms in total. The first kappa shape index (κ1) is 18.6. The molecule has 8 heteroatoms. The summed E-state index contributed by atoms with van der Waals surface area (Å²) < 4.78 is 6.85. The summed E-state index contributed by atoms with van der Waals surface area (Å²) in [6.07, 6.45) is 3.30. The fourth-order valence-corrected chi connectivity index (χ4v) is 3.43. The van der Waals surface area contributed by atoms with E-state index < -0.39 is 0 Å². The van der Waals surface area contributed by atoms with E-state index in [4.69, 9.17) is 4.74 Å². The molecule has 0 atom stereocenters. The van der Waals surface area contributed by atoms with Crippen LogP contribution < -0.4 is 4.90 Å². The second kappa shape index (κ2) is 8.44. The predicted molar refractivity (Wildman–Crippen MR) is 99.0 cm³/mol. The Balaban J connectivity index is 1.60. The van der Waals surface area contributed by atoms with Gasteiger partial charge in [0, 0.05) is 39.2 Å². The molecule has 0 aliphatic carbocycles. The van der Waals surface area contributed by atoms with Crippen LogP contribution in [0.5, 0.6) is 0 Å². The van der Waals surface area contributed by atoms with Crippen molar-refractivity contribution in [3.63, 3.8) is 0 Å². The second-order valence-corrected chi connectivity index (χ2v) is 7.26. The van der Waals surface area contributed by atoms with E-state index in [0.29, 0.717) is 19.1 Å². The van der Waals surface area contributed by atoms with Gasteiger partial charge in [0.2, 0.25) is 5.91 Å². The standard InChI is InChI=1S/C18H28N6O2/c1-14(2)12-23(10-11-26-3)18(25)15-6-8-22(9-7-15)17-5-4-16-20-19-13-24(16)21-17/h4-5,13-15H,6-12H2,1-3H3. The Hall–Kier alpha value is -2.22. The normalized spacial score (nSPS) is 15.8. The highest BCUT2D eigenvalue weighted by Crippen LogP contribution is 2.24. The quantitative estimate of drug-likeness (QED) is 0.744. The molecule has 1 amide bonds. The lowest BCUT2D eigenvalue weighted by Crippen LogP contribution is -2.45. The molecular formula is C18H28N6O2. The van der Waals surface area contributed by atoms with Gasteiger partial charge in [-0.3, -0.25) is 4.79 Å². The average molecular weight is 360 g/mol. The molecule has 1 aliphatic heterocycles. The zero-order valence-corrected chi connectivity index (χ0v) is 15.8. The lowest BCUT2D eigenvalue weighted by atomic mass is 9.95. The molecule has 0 saturated carbocycles. The minimum atomic E-state index is 0.0838. The first-order valence-corrected chi connectivity index (χ1v) is 9.28. The molecule has 26 heavy (non-hydrogen) atoms. The first-order valence-electron chi connectivity index (χ1n) is 9.28. The Morgan fingerprint density at radius 1 is 1.35 bits per heavy atom. The van der Waals surface area contributed by atoms with Crippen LogP contribution in [0.25, 0.3) is 5.65 Å². The van der Waals surface area contributed by atoms with E-state index in [9.17, 15) is 4.79 Å². The van der Waals surface area contributed by atoms with Crippen LogP contribution >= 0.6 is 0 Å². The van der Waals surface area contributed by atoms with Crippen LogP contribution in [-0.4, -0.2) is 70.5 Å². The van der Waals surface area contributed by atoms with Gasteiger partial charge in [-0.25, -0.2) is 0 Å². The molecule has 2 aromatic heterocycles. The maximum absolute atomic E-state index is 12.9. The van der Waals surface area contributed by atoms with Gasteiger partial charge in [-0.15, -0.1) is 15.3 Å². The molecule has 0 bridgehead atoms. The van der Waals surface area contributed by atoms with Gasteiger partial charge in [-0.2, -0.15) is 4.52 Å². The Labute approximate surface area is 154 Å². The van der Waals surface area contributed by atoms with Gasteiger partial charge >= 0.3 is 0 Å². The van der Waals surface area contributed by atoms with E-state index >= 15 is 0 Å². The van der Waals surface area contributed by atoms with Crippen molar-refractivity contribution in [2.75, 3.05) is 44.8 Å². The van der Waals surface area contributed by atoms with Gasteiger partial charge in [-0.05, 0) is 30.9 Å². The molecule has 0 N–H and O–H groups in total. The van der Waals surface area contributed by atoms with Crippen LogP contribution in [0.1, 0.15) is 26.7 Å². The molecular weight excluding hydrogens is 332 g/mol. The topological polar surface area (TPSA) is 75.9 Å². The minimum Gasteiger partial charge on any atom is -0.383 e. The van der Waals surface area contributed by atoms with Crippen molar-refractivity contribution in [3.05, 3.63) is 18.5 Å². The van der Waals surface area contributed by atoms with Crippen LogP contribution in [-0.2, 0) is 9.53 Å². The Kier molecular flexibility index (Phi) is 6.03. The maximum Gasteiger partial charge on any atom is 0.225 e. The molecule has 0 radical (unpaired) electrons. The summed E-state index contributed by atoms with van der Waals surface area (Å²) in [4.78, 5) is 17.1. The third-order valence-electron chi connectivity index (χ3n) is 4.78. The molecule has 1 saturated heterocycles. The van der Waals surface area contributed by atoms with E-state index in [1.807, 2.05) is 17.0 Å². The molecule has 1 aliphatic rings. The molecule has 3 heterocycles. The Morgan fingerprint density at radius 3 is 2.81 bits per heavy atom. The SMILES string of the molecule is COCCN(CC(C)C)C(=O)C1CCN(c2ccc3nncn3n2)CC1. The summed E-state index contributed by atoms with van der Waals surface area (Å²) in [5, 5.41) is 12.4. The number of rotatable bonds is 7. The van der Waals surface area contributed by atoms with Crippen LogP contribution in [0.3, 0.4) is 0 Å². The highest BCUT2D eigenvalue weighted by Gasteiger charge is 2.29. The van der Waals surface area contributed by atoms with Crippen molar-refractivity contribution in [2.24, 2.45) is 11.8 Å². The summed E-state index contributed by atoms with van der Waals surface area (Å²) in [5.41, 5.74) is 0.737. The molecule has 1 fully saturated rings. The number of ether oxygens (including phenoxy) is 1. The zero-order chi connectivity index (χ0) is 18.5. The van der Waals surface area contributed by atoms with Gasteiger partial charge in [0.1, 0.15) is 12.1 Å². The monoisotopic (exact) mass is 360 g/mol. The number of piperidine rings is 1. The van der Waals surface area contributed by atoms with Gasteiger partial charge in [0.15, 0.2) is 5.65 Å². The smallest absolute Gasteiger partial charge is 0.225 e. The van der Waals surface area contributed by atoms with E-state index in [1.165, 1.54) is 0 Å². The van der Waals surface area contributed by atoms with Crippen molar-refractivity contribution >= 4 is 17.4 Å². The number of anilines is 1. The van der Waals surface area contributed by atoms with E-state index in [2.05, 4.69) is 34.0 Å². The number of methoxy groups -OCH3 is 1. The molecule has 0 unspecified atom stereocenters. The van der Waals surface area contributed by atoms with E-state index in [0.717, 1.165) is 43.9 Å². The number of aromatic nitrogens is 4. The van der Waals surface area contributed by atoms with Crippen LogP contribution in [0.4, 0.5) is 5.82 Å². The van der Waals surface area contributed by atoms with Crippen LogP contribution in [0.2, 0.25) is 0 Å². The van der Waals surface area contributed by atoms with Crippen LogP contribution in [0, 0.1) is 11.8 Å². The fraction of sp³-hybridized carbons (Fsp3) is 0.667. The average Bonchev–Trinajstić information content (AvgIpc) is 3.12. The molecule has 3 rings (SSSR count). The number of hydrogen-bond donors (Lipinski definition) is 0. The first-order chi connectivity index (χ1) is 12.6. The number of hydrogen-bond acceptors (Lipinski definition) is 6. The van der Waals surface area contributed by atoms with Gasteiger partial charge in [0.25, 0.3) is 0 Å². The summed E-state index contributed by atoms with van der Waals surface area (Å²) in [6.45, 7) is 7.98. The summed E-state index contributed by atoms with van der Waals surface area (Å²) in [6, 6.07) is 3.89. The number of carbonyl (C=O) groups is 1. The van der Waals surface area contributed by atoms with E-state index in [1.54, 1.807) is 18.0 Å². The molecule has 0 spiro atoms. The summed E-state index contributed by atoms with van der Waals surface area (Å²) in [5.74, 6) is 1.70. The number of nitrogens with zero attached hydrogens (tertiary/aromatic N) is 6. The minimum absolute atomic E-state index is 0.0838. The largest absolute Gasteiger partial charge is 0.383 e. The predicted octanol–water partition coefficient (Wildman–Crippen LogP) is 1.47. The van der Waals surface area contributed by atoms with Crippen molar-refractivity contribution in [1.82, 2.24) is 24.7 Å². The third kappa shape index (κ3) is 4.30. The van der Waals surface area contributed by atoms with Crippen LogP contribution in [0.15, 0.2) is 18.5 Å². The number of amides is 1. The van der Waals surface area contributed by atoms with Crippen molar-refractivity contribution < 1.29 is 9.53 Å². The van der Waals surface area contributed by atoms with Crippen molar-refractivity contribution in [1.29, 1.82) is 0 Å². The lowest BCUT2D eigenvalue weighted by molar-refractivity contribution is -0.137. The highest BCUT2D eigenvalue weighted by atomic mass is 16.5. The van der Waals surface area contributed by atoms with E-state index in [-0.39, 0.29) is 11.8 Å². The van der Waals surface area contributed by atoms with Gasteiger partial charge in [0.05, 0.1) is 6.61 Å². The highest BCUT2D eigenvalue weighted by molar-refractivity contribution is 5.79. The maximum atomic E-state index is 12.9. The number of carbonyl (C=O) groups excluding carboxylic acids is 1. The van der Waals surface area contributed by atoms with Gasteiger partial charge in [-0.1, -0.05) is 13.8 Å². The third-order valence-corrected chi connectivity index (χ3v) is 4.78. The summed E-state index contributed by atoms with van der Waals surface area (Å²) in [7, 11) is 1.68.